The van der Waals surface area contributed by atoms with Gasteiger partial charge in [-0.25, -0.2) is 4.79 Å². The van der Waals surface area contributed by atoms with Crippen LogP contribution >= 0.6 is 0 Å². The Bertz CT molecular complexity index is 661. The van der Waals surface area contributed by atoms with Crippen LogP contribution in [-0.4, -0.2) is 74.1 Å². The summed E-state index contributed by atoms with van der Waals surface area (Å²) in [4.78, 5) is 30.2. The van der Waals surface area contributed by atoms with Gasteiger partial charge in [-0.15, -0.1) is 0 Å². The van der Waals surface area contributed by atoms with Gasteiger partial charge in [-0.1, -0.05) is 24.3 Å². The Labute approximate surface area is 149 Å². The van der Waals surface area contributed by atoms with Crippen LogP contribution in [0, 0.1) is 18.8 Å². The van der Waals surface area contributed by atoms with Gasteiger partial charge in [0, 0.05) is 39.6 Å². The minimum absolute atomic E-state index is 0.0576. The van der Waals surface area contributed by atoms with E-state index in [-0.39, 0.29) is 18.0 Å². The number of fused-ring (bicyclic) bond motifs is 1. The first kappa shape index (κ1) is 17.7. The van der Waals surface area contributed by atoms with Crippen molar-refractivity contribution in [1.82, 2.24) is 14.7 Å². The second-order valence-corrected chi connectivity index (χ2v) is 7.32. The molecule has 2 heterocycles. The molecule has 3 rings (SSSR count). The van der Waals surface area contributed by atoms with Gasteiger partial charge in [-0.2, -0.15) is 0 Å². The highest BCUT2D eigenvalue weighted by Crippen LogP contribution is 2.45. The molecule has 6 nitrogen and oxygen atoms in total. The molecular formula is C19H27N3O3. The molecular weight excluding hydrogens is 318 g/mol. The summed E-state index contributed by atoms with van der Waals surface area (Å²) in [5.41, 5.74) is 2.42. The summed E-state index contributed by atoms with van der Waals surface area (Å²) in [5.74, 6) is 0.529. The second kappa shape index (κ2) is 7.04. The van der Waals surface area contributed by atoms with Crippen LogP contribution in [0.15, 0.2) is 24.3 Å². The van der Waals surface area contributed by atoms with Gasteiger partial charge < -0.3 is 14.5 Å². The Balaban J connectivity index is 1.87. The Morgan fingerprint density at radius 2 is 1.92 bits per heavy atom. The fourth-order valence-corrected chi connectivity index (χ4v) is 4.28. The number of amides is 2. The van der Waals surface area contributed by atoms with Gasteiger partial charge in [-0.3, -0.25) is 9.69 Å². The van der Waals surface area contributed by atoms with Crippen molar-refractivity contribution in [2.24, 2.45) is 11.8 Å². The third kappa shape index (κ3) is 3.35. The summed E-state index contributed by atoms with van der Waals surface area (Å²) in [6.07, 6.45) is 0. The second-order valence-electron chi connectivity index (χ2n) is 7.32. The van der Waals surface area contributed by atoms with E-state index < -0.39 is 0 Å². The molecule has 2 amide bonds. The fourth-order valence-electron chi connectivity index (χ4n) is 4.28. The van der Waals surface area contributed by atoms with E-state index in [4.69, 9.17) is 4.74 Å². The van der Waals surface area contributed by atoms with Crippen molar-refractivity contribution in [3.63, 3.8) is 0 Å². The molecule has 0 aromatic heterocycles. The lowest BCUT2D eigenvalue weighted by molar-refractivity contribution is -0.141. The normalized spacial score (nSPS) is 25.8. The summed E-state index contributed by atoms with van der Waals surface area (Å²) >= 11 is 0. The number of carbonyl (C=O) groups is 2. The Morgan fingerprint density at radius 1 is 1.20 bits per heavy atom. The van der Waals surface area contributed by atoms with Crippen LogP contribution in [0.1, 0.15) is 17.2 Å². The predicted octanol–water partition coefficient (Wildman–Crippen LogP) is 1.75. The van der Waals surface area contributed by atoms with Gasteiger partial charge in [0.25, 0.3) is 0 Å². The molecule has 0 radical (unpaired) electrons. The van der Waals surface area contributed by atoms with Gasteiger partial charge in [0.1, 0.15) is 0 Å². The molecule has 0 N–H and O–H groups in total. The third-order valence-electron chi connectivity index (χ3n) is 5.46. The van der Waals surface area contributed by atoms with Crippen molar-refractivity contribution in [3.8, 4) is 0 Å². The zero-order valence-corrected chi connectivity index (χ0v) is 15.4. The molecule has 136 valence electrons. The number of hydrogen-bond donors (Lipinski definition) is 0. The first-order valence-electron chi connectivity index (χ1n) is 8.75. The number of carbonyl (C=O) groups excluding carboxylic acids is 2. The lowest BCUT2D eigenvalue weighted by Gasteiger charge is -2.32. The molecule has 0 saturated carbocycles. The van der Waals surface area contributed by atoms with E-state index in [9.17, 15) is 9.59 Å². The molecule has 2 aliphatic rings. The standard InChI is InChI=1S/C19H27N3O3/c1-13-7-5-6-8-15(13)18-16-11-21(12-17(23)25-4)9-14(16)10-22(18)19(24)20(2)3/h5-8,14,16,18H,9-12H2,1-4H3/t14-,16-,18+/m1/s1. The van der Waals surface area contributed by atoms with E-state index in [0.717, 1.165) is 19.6 Å². The predicted molar refractivity (Wildman–Crippen MR) is 95.1 cm³/mol. The van der Waals surface area contributed by atoms with Crippen LogP contribution in [0.2, 0.25) is 0 Å². The fraction of sp³-hybridized carbons (Fsp3) is 0.579. The molecule has 0 aliphatic carbocycles. The molecule has 2 aliphatic heterocycles. The van der Waals surface area contributed by atoms with Crippen molar-refractivity contribution in [1.29, 1.82) is 0 Å². The summed E-state index contributed by atoms with van der Waals surface area (Å²) in [7, 11) is 5.02. The maximum Gasteiger partial charge on any atom is 0.320 e. The van der Waals surface area contributed by atoms with Gasteiger partial charge in [-0.05, 0) is 24.0 Å². The zero-order chi connectivity index (χ0) is 18.1. The van der Waals surface area contributed by atoms with Gasteiger partial charge >= 0.3 is 12.0 Å². The topological polar surface area (TPSA) is 53.1 Å². The molecule has 0 bridgehead atoms. The molecule has 2 saturated heterocycles. The maximum absolute atomic E-state index is 12.7. The Kier molecular flexibility index (Phi) is 4.99. The molecule has 25 heavy (non-hydrogen) atoms. The number of aryl methyl sites for hydroxylation is 1. The van der Waals surface area contributed by atoms with Crippen LogP contribution in [0.4, 0.5) is 4.79 Å². The molecule has 1 aromatic rings. The van der Waals surface area contributed by atoms with Crippen LogP contribution in [0.5, 0.6) is 0 Å². The smallest absolute Gasteiger partial charge is 0.320 e. The van der Waals surface area contributed by atoms with E-state index in [0.29, 0.717) is 18.4 Å². The van der Waals surface area contributed by atoms with E-state index in [1.54, 1.807) is 19.0 Å². The van der Waals surface area contributed by atoms with Crippen molar-refractivity contribution in [2.45, 2.75) is 13.0 Å². The van der Waals surface area contributed by atoms with Crippen molar-refractivity contribution < 1.29 is 14.3 Å². The third-order valence-corrected chi connectivity index (χ3v) is 5.46. The number of rotatable bonds is 3. The Hall–Kier alpha value is -2.08. The van der Waals surface area contributed by atoms with Crippen molar-refractivity contribution in [2.75, 3.05) is 47.4 Å². The number of methoxy groups -OCH3 is 1. The minimum atomic E-state index is -0.200. The maximum atomic E-state index is 12.7. The summed E-state index contributed by atoms with van der Waals surface area (Å²) in [5, 5.41) is 0. The number of nitrogens with zero attached hydrogens (tertiary/aromatic N) is 3. The van der Waals surface area contributed by atoms with E-state index in [1.165, 1.54) is 18.2 Å². The first-order chi connectivity index (χ1) is 11.9. The highest BCUT2D eigenvalue weighted by molar-refractivity contribution is 5.75. The lowest BCUT2D eigenvalue weighted by Crippen LogP contribution is -2.42. The lowest BCUT2D eigenvalue weighted by atomic mass is 9.88. The van der Waals surface area contributed by atoms with Crippen LogP contribution in [-0.2, 0) is 9.53 Å². The number of urea groups is 1. The monoisotopic (exact) mass is 345 g/mol. The molecule has 1 aromatic carbocycles. The average molecular weight is 345 g/mol. The van der Waals surface area contributed by atoms with E-state index in [2.05, 4.69) is 24.0 Å². The van der Waals surface area contributed by atoms with Crippen molar-refractivity contribution in [3.05, 3.63) is 35.4 Å². The average Bonchev–Trinajstić information content (AvgIpc) is 3.11. The molecule has 2 fully saturated rings. The molecule has 0 unspecified atom stereocenters. The SMILES string of the molecule is COC(=O)CN1C[C@@H]2CN(C(=O)N(C)C)[C@@H](c3ccccc3C)[C@@H]2C1. The van der Waals surface area contributed by atoms with Gasteiger partial charge in [0.2, 0.25) is 0 Å². The quantitative estimate of drug-likeness (QED) is 0.784. The minimum Gasteiger partial charge on any atom is -0.468 e. The van der Waals surface area contributed by atoms with Crippen LogP contribution in [0.25, 0.3) is 0 Å². The van der Waals surface area contributed by atoms with Gasteiger partial charge in [0.15, 0.2) is 0 Å². The summed E-state index contributed by atoms with van der Waals surface area (Å²) in [6, 6.07) is 8.41. The first-order valence-corrected chi connectivity index (χ1v) is 8.75. The van der Waals surface area contributed by atoms with E-state index >= 15 is 0 Å². The number of ether oxygens (including phenoxy) is 1. The molecule has 6 heteroatoms. The summed E-state index contributed by atoms with van der Waals surface area (Å²) < 4.78 is 4.80. The molecule has 0 spiro atoms. The number of esters is 1. The zero-order valence-electron chi connectivity index (χ0n) is 15.4. The summed E-state index contributed by atoms with van der Waals surface area (Å²) in [6.45, 7) is 4.81. The number of likely N-dealkylation sites (tertiary alicyclic amines) is 2. The number of benzene rings is 1. The van der Waals surface area contributed by atoms with Crippen LogP contribution in [0.3, 0.4) is 0 Å². The number of hydrogen-bond acceptors (Lipinski definition) is 4. The highest BCUT2D eigenvalue weighted by Gasteiger charge is 2.49. The van der Waals surface area contributed by atoms with E-state index in [1.807, 2.05) is 17.0 Å². The largest absolute Gasteiger partial charge is 0.468 e. The molecule has 3 atom stereocenters. The van der Waals surface area contributed by atoms with Crippen molar-refractivity contribution >= 4 is 12.0 Å². The van der Waals surface area contributed by atoms with Crippen LogP contribution < -0.4 is 0 Å². The highest BCUT2D eigenvalue weighted by atomic mass is 16.5. The Morgan fingerprint density at radius 3 is 2.56 bits per heavy atom. The van der Waals surface area contributed by atoms with Gasteiger partial charge in [0.05, 0.1) is 19.7 Å².